The van der Waals surface area contributed by atoms with Crippen LogP contribution in [0.5, 0.6) is 0 Å². The number of para-hydroxylation sites is 1. The van der Waals surface area contributed by atoms with Gasteiger partial charge in [0.2, 0.25) is 0 Å². The summed E-state index contributed by atoms with van der Waals surface area (Å²) in [6.45, 7) is 0. The van der Waals surface area contributed by atoms with E-state index >= 15 is 0 Å². The number of nitrogens with one attached hydrogen (secondary N) is 1. The first-order valence-electron chi connectivity index (χ1n) is 8.72. The van der Waals surface area contributed by atoms with E-state index in [0.717, 1.165) is 43.5 Å². The first-order valence-corrected chi connectivity index (χ1v) is 9.51. The fourth-order valence-electron chi connectivity index (χ4n) is 3.73. The Labute approximate surface area is 166 Å². The Hall–Kier alpha value is -2.79. The van der Waals surface area contributed by atoms with Crippen LogP contribution in [0.3, 0.4) is 0 Å². The van der Waals surface area contributed by atoms with E-state index in [9.17, 15) is 13.2 Å². The van der Waals surface area contributed by atoms with Gasteiger partial charge in [-0.3, -0.25) is 0 Å². The Kier molecular flexibility index (Phi) is 3.78. The molecule has 1 aromatic heterocycles. The standard InChI is InChI=1S/C23H13BrF3N/c24-21-17-5-1-2-7-20(17)28-22(21)15-9-8-13-12-18-14(10-16(13)11-15)4-3-6-19(18)23(25,26)27/h1-12,28H. The molecule has 0 radical (unpaired) electrons. The molecule has 1 nitrogen and oxygen atoms in total. The molecule has 0 fully saturated rings. The monoisotopic (exact) mass is 439 g/mol. The maximum Gasteiger partial charge on any atom is 0.417 e. The van der Waals surface area contributed by atoms with Crippen LogP contribution >= 0.6 is 15.9 Å². The smallest absolute Gasteiger partial charge is 0.354 e. The van der Waals surface area contributed by atoms with Gasteiger partial charge in [0.15, 0.2) is 0 Å². The van der Waals surface area contributed by atoms with Gasteiger partial charge in [-0.1, -0.05) is 42.5 Å². The van der Waals surface area contributed by atoms with Crippen LogP contribution in [0, 0.1) is 0 Å². The quantitative estimate of drug-likeness (QED) is 0.255. The summed E-state index contributed by atoms with van der Waals surface area (Å²) < 4.78 is 41.0. The van der Waals surface area contributed by atoms with Gasteiger partial charge in [0.1, 0.15) is 0 Å². The largest absolute Gasteiger partial charge is 0.417 e. The van der Waals surface area contributed by atoms with Gasteiger partial charge in [0.25, 0.3) is 0 Å². The minimum absolute atomic E-state index is 0.224. The van der Waals surface area contributed by atoms with Crippen LogP contribution in [0.25, 0.3) is 43.7 Å². The third kappa shape index (κ3) is 2.69. The van der Waals surface area contributed by atoms with Crippen LogP contribution in [0.2, 0.25) is 0 Å². The second-order valence-electron chi connectivity index (χ2n) is 6.80. The highest BCUT2D eigenvalue weighted by Crippen LogP contribution is 2.39. The van der Waals surface area contributed by atoms with Gasteiger partial charge >= 0.3 is 6.18 Å². The number of H-pyrrole nitrogens is 1. The molecule has 0 amide bonds. The van der Waals surface area contributed by atoms with Gasteiger partial charge < -0.3 is 4.98 Å². The fraction of sp³-hybridized carbons (Fsp3) is 0.0435. The van der Waals surface area contributed by atoms with E-state index in [4.69, 9.17) is 0 Å². The van der Waals surface area contributed by atoms with Gasteiger partial charge in [0, 0.05) is 10.9 Å². The number of benzene rings is 4. The molecule has 28 heavy (non-hydrogen) atoms. The fourth-order valence-corrected chi connectivity index (χ4v) is 4.41. The summed E-state index contributed by atoms with van der Waals surface area (Å²) in [5.41, 5.74) is 2.35. The van der Waals surface area contributed by atoms with Gasteiger partial charge in [-0.05, 0) is 73.4 Å². The average Bonchev–Trinajstić information content (AvgIpc) is 3.01. The van der Waals surface area contributed by atoms with Crippen LogP contribution in [0.1, 0.15) is 5.56 Å². The summed E-state index contributed by atoms with van der Waals surface area (Å²) >= 11 is 3.67. The van der Waals surface area contributed by atoms with Crippen molar-refractivity contribution in [2.75, 3.05) is 0 Å². The molecule has 5 aromatic rings. The highest BCUT2D eigenvalue weighted by atomic mass is 79.9. The molecule has 1 N–H and O–H groups in total. The molecule has 5 rings (SSSR count). The molecule has 0 bridgehead atoms. The van der Waals surface area contributed by atoms with Crippen LogP contribution in [-0.4, -0.2) is 4.98 Å². The Morgan fingerprint density at radius 1 is 0.714 bits per heavy atom. The lowest BCUT2D eigenvalue weighted by molar-refractivity contribution is -0.136. The highest BCUT2D eigenvalue weighted by Gasteiger charge is 2.32. The SMILES string of the molecule is FC(F)(F)c1cccc2cc3cc(-c4[nH]c5ccccc5c4Br)ccc3cc12. The number of hydrogen-bond acceptors (Lipinski definition) is 0. The number of alkyl halides is 3. The molecule has 4 aromatic carbocycles. The predicted molar refractivity (Wildman–Crippen MR) is 111 cm³/mol. The normalized spacial score (nSPS) is 12.3. The summed E-state index contributed by atoms with van der Waals surface area (Å²) in [5.74, 6) is 0. The topological polar surface area (TPSA) is 15.8 Å². The first-order chi connectivity index (χ1) is 13.4. The first kappa shape index (κ1) is 17.3. The van der Waals surface area contributed by atoms with Crippen molar-refractivity contribution in [2.45, 2.75) is 6.18 Å². The van der Waals surface area contributed by atoms with Gasteiger partial charge in [-0.25, -0.2) is 0 Å². The van der Waals surface area contributed by atoms with Gasteiger partial charge in [-0.15, -0.1) is 0 Å². The Morgan fingerprint density at radius 3 is 2.32 bits per heavy atom. The van der Waals surface area contributed by atoms with Gasteiger partial charge in [-0.2, -0.15) is 13.2 Å². The lowest BCUT2D eigenvalue weighted by Gasteiger charge is -2.12. The maximum absolute atomic E-state index is 13.3. The molecule has 0 unspecified atom stereocenters. The van der Waals surface area contributed by atoms with Crippen LogP contribution in [-0.2, 0) is 6.18 Å². The van der Waals surface area contributed by atoms with Crippen LogP contribution in [0.4, 0.5) is 13.2 Å². The lowest BCUT2D eigenvalue weighted by Crippen LogP contribution is -2.05. The molecule has 5 heteroatoms. The Bertz CT molecular complexity index is 1370. The molecular weight excluding hydrogens is 427 g/mol. The molecular formula is C23H13BrF3N. The van der Waals surface area contributed by atoms with Crippen LogP contribution in [0.15, 0.2) is 77.3 Å². The molecule has 0 aliphatic carbocycles. The van der Waals surface area contributed by atoms with E-state index in [1.165, 1.54) is 6.07 Å². The summed E-state index contributed by atoms with van der Waals surface area (Å²) in [6.07, 6.45) is -4.37. The predicted octanol–water partition coefficient (Wildman–Crippen LogP) is 7.92. The molecule has 0 aliphatic heterocycles. The number of aromatic nitrogens is 1. The van der Waals surface area contributed by atoms with Crippen molar-refractivity contribution in [2.24, 2.45) is 0 Å². The second kappa shape index (κ2) is 6.11. The van der Waals surface area contributed by atoms with E-state index in [0.29, 0.717) is 5.39 Å². The second-order valence-corrected chi connectivity index (χ2v) is 7.59. The molecule has 0 atom stereocenters. The zero-order valence-electron chi connectivity index (χ0n) is 14.4. The summed E-state index contributed by atoms with van der Waals surface area (Å²) in [5, 5.41) is 3.57. The van der Waals surface area contributed by atoms with E-state index in [-0.39, 0.29) is 5.39 Å². The highest BCUT2D eigenvalue weighted by molar-refractivity contribution is 9.10. The number of fused-ring (bicyclic) bond motifs is 3. The summed E-state index contributed by atoms with van der Waals surface area (Å²) in [7, 11) is 0. The van der Waals surface area contributed by atoms with Gasteiger partial charge in [0.05, 0.1) is 15.7 Å². The number of aromatic amines is 1. The van der Waals surface area contributed by atoms with Crippen molar-refractivity contribution in [1.29, 1.82) is 0 Å². The Morgan fingerprint density at radius 2 is 1.54 bits per heavy atom. The zero-order valence-corrected chi connectivity index (χ0v) is 16.0. The number of hydrogen-bond donors (Lipinski definition) is 1. The van der Waals surface area contributed by atoms with Crippen molar-refractivity contribution in [3.05, 3.63) is 82.8 Å². The summed E-state index contributed by atoms with van der Waals surface area (Å²) in [4.78, 5) is 3.42. The van der Waals surface area contributed by atoms with Crippen LogP contribution < -0.4 is 0 Å². The molecule has 138 valence electrons. The maximum atomic E-state index is 13.3. The minimum Gasteiger partial charge on any atom is -0.354 e. The number of rotatable bonds is 1. The molecule has 0 saturated heterocycles. The van der Waals surface area contributed by atoms with E-state index in [2.05, 4.69) is 20.9 Å². The van der Waals surface area contributed by atoms with Crippen molar-refractivity contribution in [1.82, 2.24) is 4.98 Å². The van der Waals surface area contributed by atoms with E-state index < -0.39 is 11.7 Å². The van der Waals surface area contributed by atoms with E-state index in [1.807, 2.05) is 48.5 Å². The molecule has 0 spiro atoms. The average molecular weight is 440 g/mol. The van der Waals surface area contributed by atoms with E-state index in [1.54, 1.807) is 12.1 Å². The molecule has 0 aliphatic rings. The minimum atomic E-state index is -4.37. The van der Waals surface area contributed by atoms with Crippen molar-refractivity contribution in [3.63, 3.8) is 0 Å². The Balaban J connectivity index is 1.73. The van der Waals surface area contributed by atoms with Crippen molar-refractivity contribution in [3.8, 4) is 11.3 Å². The summed E-state index contributed by atoms with van der Waals surface area (Å²) in [6, 6.07) is 21.5. The van der Waals surface area contributed by atoms with Crippen molar-refractivity contribution < 1.29 is 13.2 Å². The number of halogens is 4. The zero-order chi connectivity index (χ0) is 19.5. The third-order valence-corrected chi connectivity index (χ3v) is 5.90. The molecule has 1 heterocycles. The lowest BCUT2D eigenvalue weighted by atomic mass is 9.97. The third-order valence-electron chi connectivity index (χ3n) is 5.07. The van der Waals surface area contributed by atoms with Crippen molar-refractivity contribution >= 4 is 48.4 Å². The molecule has 0 saturated carbocycles.